The maximum Gasteiger partial charge on any atom is 0.141 e. The van der Waals surface area contributed by atoms with Crippen molar-refractivity contribution in [2.45, 2.75) is 19.8 Å². The van der Waals surface area contributed by atoms with Gasteiger partial charge < -0.3 is 25.3 Å². The first-order valence-electron chi connectivity index (χ1n) is 10.3. The molecule has 0 unspecified atom stereocenters. The van der Waals surface area contributed by atoms with Gasteiger partial charge in [-0.1, -0.05) is 11.6 Å². The Balaban J connectivity index is 1.83. The molecule has 31 heavy (non-hydrogen) atoms. The third-order valence-corrected chi connectivity index (χ3v) is 6.15. The zero-order valence-electron chi connectivity index (χ0n) is 18.0. The van der Waals surface area contributed by atoms with Gasteiger partial charge in [-0.2, -0.15) is 0 Å². The van der Waals surface area contributed by atoms with Crippen molar-refractivity contribution in [3.8, 4) is 22.8 Å². The number of nitrogens with two attached hydrogens (primary N) is 1. The number of anilines is 2. The SMILES string of the molecule is COc1cc(OC)c(Cl)c(-c2cc3cnc(N)cc3c(NCC3CCOCC3)n2)c1C. The molecule has 0 amide bonds. The van der Waals surface area contributed by atoms with Crippen LogP contribution in [0.15, 0.2) is 24.4 Å². The van der Waals surface area contributed by atoms with Crippen molar-refractivity contribution in [2.75, 3.05) is 45.0 Å². The first-order valence-corrected chi connectivity index (χ1v) is 10.7. The standard InChI is InChI=1S/C23H27ClN4O3/c1-13-18(29-2)10-19(30-3)22(24)21(13)17-8-15-12-26-20(25)9-16(15)23(28-17)27-11-14-4-6-31-7-5-14/h8-10,12,14H,4-7,11H2,1-3H3,(H2,25,26)(H,27,28). The molecule has 1 saturated heterocycles. The first kappa shape index (κ1) is 21.5. The van der Waals surface area contributed by atoms with Crippen molar-refractivity contribution in [3.63, 3.8) is 0 Å². The van der Waals surface area contributed by atoms with E-state index in [2.05, 4.69) is 10.3 Å². The van der Waals surface area contributed by atoms with Crippen molar-refractivity contribution >= 4 is 34.0 Å². The van der Waals surface area contributed by atoms with E-state index in [1.165, 1.54) is 0 Å². The second-order valence-corrected chi connectivity index (χ2v) is 8.10. The molecular weight excluding hydrogens is 416 g/mol. The number of ether oxygens (including phenoxy) is 3. The van der Waals surface area contributed by atoms with Gasteiger partial charge in [-0.15, -0.1) is 0 Å². The average molecular weight is 443 g/mol. The number of nitrogens with one attached hydrogen (secondary N) is 1. The van der Waals surface area contributed by atoms with Crippen LogP contribution in [-0.4, -0.2) is 43.9 Å². The summed E-state index contributed by atoms with van der Waals surface area (Å²) in [7, 11) is 3.21. The summed E-state index contributed by atoms with van der Waals surface area (Å²) in [4.78, 5) is 9.22. The van der Waals surface area contributed by atoms with E-state index in [1.807, 2.05) is 19.1 Å². The highest BCUT2D eigenvalue weighted by molar-refractivity contribution is 6.35. The summed E-state index contributed by atoms with van der Waals surface area (Å²) in [6.07, 6.45) is 3.83. The number of aromatic nitrogens is 2. The number of hydrogen-bond donors (Lipinski definition) is 2. The van der Waals surface area contributed by atoms with Crippen LogP contribution in [0.3, 0.4) is 0 Å². The molecule has 3 heterocycles. The lowest BCUT2D eigenvalue weighted by atomic mass is 10.00. The molecule has 2 aromatic heterocycles. The second kappa shape index (κ2) is 9.16. The predicted molar refractivity (Wildman–Crippen MR) is 124 cm³/mol. The first-order chi connectivity index (χ1) is 15.0. The van der Waals surface area contributed by atoms with Gasteiger partial charge in [0, 0.05) is 53.9 Å². The van der Waals surface area contributed by atoms with E-state index in [1.54, 1.807) is 26.5 Å². The quantitative estimate of drug-likeness (QED) is 0.571. The fourth-order valence-electron chi connectivity index (χ4n) is 3.98. The lowest BCUT2D eigenvalue weighted by Crippen LogP contribution is -2.23. The van der Waals surface area contributed by atoms with Crippen LogP contribution in [0.1, 0.15) is 18.4 Å². The molecule has 1 aromatic carbocycles. The van der Waals surface area contributed by atoms with E-state index in [4.69, 9.17) is 36.5 Å². The minimum Gasteiger partial charge on any atom is -0.496 e. The van der Waals surface area contributed by atoms with Crippen LogP contribution < -0.4 is 20.5 Å². The Kier molecular flexibility index (Phi) is 6.34. The Hall–Kier alpha value is -2.77. The number of methoxy groups -OCH3 is 2. The zero-order chi connectivity index (χ0) is 22.0. The summed E-state index contributed by atoms with van der Waals surface area (Å²) < 4.78 is 16.5. The highest BCUT2D eigenvalue weighted by atomic mass is 35.5. The summed E-state index contributed by atoms with van der Waals surface area (Å²) in [6.45, 7) is 4.37. The van der Waals surface area contributed by atoms with Crippen molar-refractivity contribution in [3.05, 3.63) is 35.0 Å². The minimum absolute atomic E-state index is 0.452. The molecule has 0 spiro atoms. The Morgan fingerprint density at radius 3 is 2.61 bits per heavy atom. The van der Waals surface area contributed by atoms with Gasteiger partial charge in [-0.3, -0.25) is 0 Å². The van der Waals surface area contributed by atoms with E-state index in [0.29, 0.717) is 34.0 Å². The molecule has 1 fully saturated rings. The molecule has 3 aromatic rings. The molecule has 4 rings (SSSR count). The molecule has 0 atom stereocenters. The van der Waals surface area contributed by atoms with E-state index < -0.39 is 0 Å². The smallest absolute Gasteiger partial charge is 0.141 e. The average Bonchev–Trinajstić information content (AvgIpc) is 2.78. The number of nitrogens with zero attached hydrogens (tertiary/aromatic N) is 2. The number of nitrogen functional groups attached to an aromatic ring is 1. The van der Waals surface area contributed by atoms with Crippen molar-refractivity contribution in [1.29, 1.82) is 0 Å². The van der Waals surface area contributed by atoms with Crippen molar-refractivity contribution in [1.82, 2.24) is 9.97 Å². The Morgan fingerprint density at radius 1 is 1.16 bits per heavy atom. The Morgan fingerprint density at radius 2 is 1.90 bits per heavy atom. The summed E-state index contributed by atoms with van der Waals surface area (Å²) >= 11 is 6.71. The highest BCUT2D eigenvalue weighted by Crippen LogP contribution is 2.43. The predicted octanol–water partition coefficient (Wildman–Crippen LogP) is 4.70. The minimum atomic E-state index is 0.452. The third-order valence-electron chi connectivity index (χ3n) is 5.77. The van der Waals surface area contributed by atoms with Gasteiger partial charge in [-0.05, 0) is 37.8 Å². The monoisotopic (exact) mass is 442 g/mol. The van der Waals surface area contributed by atoms with Crippen LogP contribution in [0, 0.1) is 12.8 Å². The van der Waals surface area contributed by atoms with Gasteiger partial charge in [0.2, 0.25) is 0 Å². The van der Waals surface area contributed by atoms with Crippen LogP contribution in [0.5, 0.6) is 11.5 Å². The van der Waals surface area contributed by atoms with E-state index in [-0.39, 0.29) is 0 Å². The summed E-state index contributed by atoms with van der Waals surface area (Å²) in [5, 5.41) is 5.87. The number of fused-ring (bicyclic) bond motifs is 1. The topological polar surface area (TPSA) is 91.5 Å². The van der Waals surface area contributed by atoms with Crippen LogP contribution in [0.25, 0.3) is 22.0 Å². The molecule has 0 radical (unpaired) electrons. The normalized spacial score (nSPS) is 14.6. The maximum atomic E-state index is 6.71. The molecule has 0 bridgehead atoms. The number of halogens is 1. The van der Waals surface area contributed by atoms with Crippen molar-refractivity contribution in [2.24, 2.45) is 5.92 Å². The lowest BCUT2D eigenvalue weighted by Gasteiger charge is -2.23. The fraction of sp³-hybridized carbons (Fsp3) is 0.391. The number of hydrogen-bond acceptors (Lipinski definition) is 7. The number of rotatable bonds is 6. The molecule has 3 N–H and O–H groups in total. The van der Waals surface area contributed by atoms with Gasteiger partial charge in [-0.25, -0.2) is 9.97 Å². The largest absolute Gasteiger partial charge is 0.496 e. The van der Waals surface area contributed by atoms with Crippen LogP contribution in [0.2, 0.25) is 5.02 Å². The summed E-state index contributed by atoms with van der Waals surface area (Å²) in [5.74, 6) is 2.97. The summed E-state index contributed by atoms with van der Waals surface area (Å²) in [5.41, 5.74) is 8.34. The maximum absolute atomic E-state index is 6.71. The summed E-state index contributed by atoms with van der Waals surface area (Å²) in [6, 6.07) is 5.60. The zero-order valence-corrected chi connectivity index (χ0v) is 18.8. The molecule has 0 aliphatic carbocycles. The molecule has 0 saturated carbocycles. The van der Waals surface area contributed by atoms with Crippen LogP contribution in [0.4, 0.5) is 11.6 Å². The van der Waals surface area contributed by atoms with Gasteiger partial charge in [0.25, 0.3) is 0 Å². The molecule has 1 aliphatic rings. The molecule has 164 valence electrons. The lowest BCUT2D eigenvalue weighted by molar-refractivity contribution is 0.0699. The Labute approximate surface area is 186 Å². The molecule has 8 heteroatoms. The van der Waals surface area contributed by atoms with Gasteiger partial charge in [0.05, 0.1) is 24.9 Å². The van der Waals surface area contributed by atoms with E-state index >= 15 is 0 Å². The molecule has 1 aliphatic heterocycles. The van der Waals surface area contributed by atoms with Crippen LogP contribution in [-0.2, 0) is 4.74 Å². The van der Waals surface area contributed by atoms with Gasteiger partial charge in [0.15, 0.2) is 0 Å². The number of pyridine rings is 2. The fourth-order valence-corrected chi connectivity index (χ4v) is 4.35. The highest BCUT2D eigenvalue weighted by Gasteiger charge is 2.20. The van der Waals surface area contributed by atoms with Crippen LogP contribution >= 0.6 is 11.6 Å². The third kappa shape index (κ3) is 4.34. The van der Waals surface area contributed by atoms with Crippen molar-refractivity contribution < 1.29 is 14.2 Å². The molecular formula is C23H27ClN4O3. The second-order valence-electron chi connectivity index (χ2n) is 7.72. The van der Waals surface area contributed by atoms with Gasteiger partial charge in [0.1, 0.15) is 23.1 Å². The van der Waals surface area contributed by atoms with E-state index in [0.717, 1.165) is 60.3 Å². The Bertz CT molecular complexity index is 1070. The molecule has 7 nitrogen and oxygen atoms in total. The van der Waals surface area contributed by atoms with E-state index in [9.17, 15) is 0 Å². The number of benzene rings is 1. The van der Waals surface area contributed by atoms with Gasteiger partial charge >= 0.3 is 0 Å².